The van der Waals surface area contributed by atoms with Gasteiger partial charge in [0.05, 0.1) is 13.2 Å². The number of rotatable bonds is 6. The minimum atomic E-state index is 0.366. The van der Waals surface area contributed by atoms with Gasteiger partial charge in [0.25, 0.3) is 0 Å². The molecule has 5 nitrogen and oxygen atoms in total. The number of benzene rings is 1. The first kappa shape index (κ1) is 16.3. The monoisotopic (exact) mass is 332 g/mol. The molecular formula is C17H24N4OS. The molecule has 0 aliphatic carbocycles. The summed E-state index contributed by atoms with van der Waals surface area (Å²) in [7, 11) is 1.70. The lowest BCUT2D eigenvalue weighted by atomic mass is 10.1. The van der Waals surface area contributed by atoms with Gasteiger partial charge in [-0.2, -0.15) is 0 Å². The SMILES string of the molecule is CCn1c(SC)nnc1[C@H]1CCCN1Cc1ccc(OC)cc1. The molecule has 0 radical (unpaired) electrons. The van der Waals surface area contributed by atoms with E-state index in [1.807, 2.05) is 12.1 Å². The van der Waals surface area contributed by atoms with Gasteiger partial charge in [0, 0.05) is 13.1 Å². The van der Waals surface area contributed by atoms with E-state index in [1.165, 1.54) is 12.0 Å². The Labute approximate surface area is 142 Å². The number of ether oxygens (including phenoxy) is 1. The van der Waals surface area contributed by atoms with E-state index in [0.717, 1.165) is 42.8 Å². The number of hydrogen-bond donors (Lipinski definition) is 0. The van der Waals surface area contributed by atoms with E-state index in [-0.39, 0.29) is 0 Å². The fourth-order valence-electron chi connectivity index (χ4n) is 3.27. The zero-order valence-corrected chi connectivity index (χ0v) is 14.8. The Bertz CT molecular complexity index is 641. The van der Waals surface area contributed by atoms with Crippen molar-refractivity contribution in [2.75, 3.05) is 19.9 Å². The molecule has 1 aliphatic heterocycles. The lowest BCUT2D eigenvalue weighted by Gasteiger charge is -2.24. The van der Waals surface area contributed by atoms with Crippen LogP contribution in [-0.4, -0.2) is 39.6 Å². The van der Waals surface area contributed by atoms with E-state index in [1.54, 1.807) is 18.9 Å². The Kier molecular flexibility index (Phi) is 5.23. The van der Waals surface area contributed by atoms with Crippen molar-refractivity contribution < 1.29 is 4.74 Å². The summed E-state index contributed by atoms with van der Waals surface area (Å²) in [6.45, 7) is 5.14. The van der Waals surface area contributed by atoms with Crippen molar-refractivity contribution >= 4 is 11.8 Å². The smallest absolute Gasteiger partial charge is 0.190 e. The fraction of sp³-hybridized carbons (Fsp3) is 0.529. The molecule has 23 heavy (non-hydrogen) atoms. The maximum Gasteiger partial charge on any atom is 0.190 e. The maximum absolute atomic E-state index is 5.24. The fourth-order valence-corrected chi connectivity index (χ4v) is 3.83. The maximum atomic E-state index is 5.24. The minimum absolute atomic E-state index is 0.366. The van der Waals surface area contributed by atoms with E-state index in [2.05, 4.69) is 45.0 Å². The van der Waals surface area contributed by atoms with Crippen LogP contribution < -0.4 is 4.74 Å². The summed E-state index contributed by atoms with van der Waals surface area (Å²) in [4.78, 5) is 2.52. The Morgan fingerprint density at radius 3 is 2.70 bits per heavy atom. The zero-order chi connectivity index (χ0) is 16.2. The predicted molar refractivity (Wildman–Crippen MR) is 92.9 cm³/mol. The molecule has 0 unspecified atom stereocenters. The van der Waals surface area contributed by atoms with Gasteiger partial charge in [0.1, 0.15) is 5.75 Å². The van der Waals surface area contributed by atoms with Crippen molar-refractivity contribution in [1.29, 1.82) is 0 Å². The largest absolute Gasteiger partial charge is 0.497 e. The first-order chi connectivity index (χ1) is 11.3. The molecule has 1 fully saturated rings. The first-order valence-corrected chi connectivity index (χ1v) is 9.33. The average Bonchev–Trinajstić information content (AvgIpc) is 3.20. The Hall–Kier alpha value is -1.53. The average molecular weight is 332 g/mol. The molecule has 1 aromatic heterocycles. The predicted octanol–water partition coefficient (Wildman–Crippen LogP) is 3.37. The highest BCUT2D eigenvalue weighted by molar-refractivity contribution is 7.98. The van der Waals surface area contributed by atoms with E-state index in [0.29, 0.717) is 6.04 Å². The molecule has 0 bridgehead atoms. The molecular weight excluding hydrogens is 308 g/mol. The van der Waals surface area contributed by atoms with Crippen LogP contribution in [-0.2, 0) is 13.1 Å². The number of thioether (sulfide) groups is 1. The van der Waals surface area contributed by atoms with Gasteiger partial charge < -0.3 is 9.30 Å². The van der Waals surface area contributed by atoms with Crippen LogP contribution in [0, 0.1) is 0 Å². The second kappa shape index (κ2) is 7.36. The molecule has 2 aromatic rings. The summed E-state index contributed by atoms with van der Waals surface area (Å²) < 4.78 is 7.49. The van der Waals surface area contributed by atoms with Crippen molar-refractivity contribution in [1.82, 2.24) is 19.7 Å². The second-order valence-corrected chi connectivity index (χ2v) is 6.54. The van der Waals surface area contributed by atoms with Gasteiger partial charge >= 0.3 is 0 Å². The third-order valence-electron chi connectivity index (χ3n) is 4.45. The van der Waals surface area contributed by atoms with Gasteiger partial charge in [-0.1, -0.05) is 23.9 Å². The van der Waals surface area contributed by atoms with Crippen molar-refractivity contribution in [3.63, 3.8) is 0 Å². The summed E-state index contributed by atoms with van der Waals surface area (Å²) in [6.07, 6.45) is 4.43. The summed E-state index contributed by atoms with van der Waals surface area (Å²) in [5.41, 5.74) is 1.31. The summed E-state index contributed by atoms with van der Waals surface area (Å²) in [5, 5.41) is 9.85. The Morgan fingerprint density at radius 2 is 2.04 bits per heavy atom. The van der Waals surface area contributed by atoms with E-state index < -0.39 is 0 Å². The normalized spacial score (nSPS) is 18.5. The van der Waals surface area contributed by atoms with E-state index in [4.69, 9.17) is 4.74 Å². The molecule has 1 aliphatic rings. The molecule has 1 atom stereocenters. The molecule has 3 rings (SSSR count). The number of methoxy groups -OCH3 is 1. The molecule has 1 saturated heterocycles. The lowest BCUT2D eigenvalue weighted by molar-refractivity contribution is 0.234. The van der Waals surface area contributed by atoms with Crippen molar-refractivity contribution in [3.05, 3.63) is 35.7 Å². The molecule has 0 amide bonds. The lowest BCUT2D eigenvalue weighted by Crippen LogP contribution is -2.25. The van der Waals surface area contributed by atoms with Crippen molar-refractivity contribution in [2.45, 2.75) is 44.1 Å². The number of hydrogen-bond acceptors (Lipinski definition) is 5. The van der Waals surface area contributed by atoms with Gasteiger partial charge in [-0.05, 0) is 50.3 Å². The quantitative estimate of drug-likeness (QED) is 0.759. The molecule has 6 heteroatoms. The van der Waals surface area contributed by atoms with Crippen molar-refractivity contribution in [3.8, 4) is 5.75 Å². The van der Waals surface area contributed by atoms with Gasteiger partial charge in [0.15, 0.2) is 11.0 Å². The Balaban J connectivity index is 1.78. The van der Waals surface area contributed by atoms with Crippen LogP contribution >= 0.6 is 11.8 Å². The van der Waals surface area contributed by atoms with Crippen LogP contribution in [0.1, 0.15) is 37.2 Å². The van der Waals surface area contributed by atoms with Crippen molar-refractivity contribution in [2.24, 2.45) is 0 Å². The Morgan fingerprint density at radius 1 is 1.26 bits per heavy atom. The van der Waals surface area contributed by atoms with Crippen LogP contribution in [0.25, 0.3) is 0 Å². The molecule has 1 aromatic carbocycles. The highest BCUT2D eigenvalue weighted by atomic mass is 32.2. The van der Waals surface area contributed by atoms with E-state index in [9.17, 15) is 0 Å². The second-order valence-electron chi connectivity index (χ2n) is 5.77. The summed E-state index contributed by atoms with van der Waals surface area (Å²) in [5.74, 6) is 2.02. The highest BCUT2D eigenvalue weighted by Gasteiger charge is 2.30. The van der Waals surface area contributed by atoms with Gasteiger partial charge in [0.2, 0.25) is 0 Å². The van der Waals surface area contributed by atoms with Gasteiger partial charge in [-0.15, -0.1) is 10.2 Å². The molecule has 0 saturated carbocycles. The van der Waals surface area contributed by atoms with E-state index >= 15 is 0 Å². The molecule has 0 spiro atoms. The summed E-state index contributed by atoms with van der Waals surface area (Å²) >= 11 is 1.67. The highest BCUT2D eigenvalue weighted by Crippen LogP contribution is 2.33. The van der Waals surface area contributed by atoms with Gasteiger partial charge in [-0.3, -0.25) is 4.90 Å². The number of nitrogens with zero attached hydrogens (tertiary/aromatic N) is 4. The first-order valence-electron chi connectivity index (χ1n) is 8.11. The number of aromatic nitrogens is 3. The molecule has 124 valence electrons. The van der Waals surface area contributed by atoms with Gasteiger partial charge in [-0.25, -0.2) is 0 Å². The summed E-state index contributed by atoms with van der Waals surface area (Å²) in [6, 6.07) is 8.71. The third-order valence-corrected chi connectivity index (χ3v) is 5.12. The molecule has 2 heterocycles. The minimum Gasteiger partial charge on any atom is -0.497 e. The van der Waals surface area contributed by atoms with Crippen LogP contribution in [0.3, 0.4) is 0 Å². The van der Waals surface area contributed by atoms with Crippen LogP contribution in [0.5, 0.6) is 5.75 Å². The zero-order valence-electron chi connectivity index (χ0n) is 14.0. The van der Waals surface area contributed by atoms with Crippen LogP contribution in [0.2, 0.25) is 0 Å². The molecule has 0 N–H and O–H groups in total. The standard InChI is InChI=1S/C17H24N4OS/c1-4-21-16(18-19-17(21)23-3)15-6-5-11-20(15)12-13-7-9-14(22-2)10-8-13/h7-10,15H,4-6,11-12H2,1-3H3/t15-/m1/s1. The van der Waals surface area contributed by atoms with Crippen LogP contribution in [0.15, 0.2) is 29.4 Å². The topological polar surface area (TPSA) is 43.2 Å². The van der Waals surface area contributed by atoms with Crippen LogP contribution in [0.4, 0.5) is 0 Å². The number of likely N-dealkylation sites (tertiary alicyclic amines) is 1. The third kappa shape index (κ3) is 3.38.